The van der Waals surface area contributed by atoms with E-state index in [1.165, 1.54) is 11.3 Å². The van der Waals surface area contributed by atoms with Crippen molar-refractivity contribution in [3.8, 4) is 23.0 Å². The number of thiazole rings is 1. The molecule has 0 fully saturated rings. The third kappa shape index (κ3) is 3.46. The third-order valence-electron chi connectivity index (χ3n) is 3.57. The molecule has 1 amide bonds. The molecule has 3 rings (SSSR count). The fourth-order valence-corrected chi connectivity index (χ4v) is 2.93. The lowest BCUT2D eigenvalue weighted by molar-refractivity contribution is 0.0952. The van der Waals surface area contributed by atoms with Crippen molar-refractivity contribution in [3.63, 3.8) is 0 Å². The van der Waals surface area contributed by atoms with Crippen molar-refractivity contribution in [3.05, 3.63) is 23.3 Å². The number of aromatic nitrogens is 3. The number of carbonyl (C=O) groups is 1. The van der Waals surface area contributed by atoms with Crippen LogP contribution in [0, 0.1) is 12.3 Å². The smallest absolute Gasteiger partial charge is 0.255 e. The van der Waals surface area contributed by atoms with Gasteiger partial charge >= 0.3 is 0 Å². The predicted molar refractivity (Wildman–Crippen MR) is 86.9 cm³/mol. The highest BCUT2D eigenvalue weighted by Gasteiger charge is 2.38. The second-order valence-electron chi connectivity index (χ2n) is 5.29. The summed E-state index contributed by atoms with van der Waals surface area (Å²) in [7, 11) is 1.78. The quantitative estimate of drug-likeness (QED) is 0.791. The van der Waals surface area contributed by atoms with Crippen LogP contribution in [0.3, 0.4) is 0 Å². The van der Waals surface area contributed by atoms with Crippen molar-refractivity contribution in [2.75, 3.05) is 6.54 Å². The van der Waals surface area contributed by atoms with Crippen LogP contribution in [0.4, 0.5) is 0 Å². The zero-order valence-corrected chi connectivity index (χ0v) is 13.5. The minimum Gasteiger partial charge on any atom is -0.352 e. The van der Waals surface area contributed by atoms with Crippen LogP contribution in [0.1, 0.15) is 29.6 Å². The highest BCUT2D eigenvalue weighted by molar-refractivity contribution is 7.13. The lowest BCUT2D eigenvalue weighted by atomic mass is 10.0. The van der Waals surface area contributed by atoms with Crippen LogP contribution in [-0.4, -0.2) is 32.9 Å². The summed E-state index contributed by atoms with van der Waals surface area (Å²) in [6.45, 7) is 0.489. The number of nitrogens with one attached hydrogen (secondary N) is 1. The minimum atomic E-state index is -0.382. The van der Waals surface area contributed by atoms with Gasteiger partial charge in [-0.1, -0.05) is 0 Å². The number of amides is 1. The summed E-state index contributed by atoms with van der Waals surface area (Å²) in [5.41, 5.74) is 0.736. The molecule has 0 unspecified atom stereocenters. The number of rotatable bonds is 7. The van der Waals surface area contributed by atoms with Crippen molar-refractivity contribution in [2.24, 2.45) is 17.3 Å². The number of hydrogen-bond acceptors (Lipinski definition) is 6. The topological polar surface area (TPSA) is 84.5 Å². The molecule has 0 spiro atoms. The highest BCUT2D eigenvalue weighted by atomic mass is 32.1. The van der Waals surface area contributed by atoms with Gasteiger partial charge in [-0.25, -0.2) is 4.98 Å². The Hall–Kier alpha value is -2.53. The van der Waals surface area contributed by atoms with Crippen molar-refractivity contribution in [1.82, 2.24) is 20.1 Å². The van der Waals surface area contributed by atoms with Crippen molar-refractivity contribution >= 4 is 17.2 Å². The first-order valence-electron chi connectivity index (χ1n) is 7.23. The van der Waals surface area contributed by atoms with Gasteiger partial charge < -0.3 is 5.32 Å². The summed E-state index contributed by atoms with van der Waals surface area (Å²) in [6, 6.07) is 0. The highest BCUT2D eigenvalue weighted by Crippen LogP contribution is 2.36. The molecule has 2 aromatic heterocycles. The van der Waals surface area contributed by atoms with Gasteiger partial charge in [-0.2, -0.15) is 15.3 Å². The number of hydrogen-bond donors (Lipinski definition) is 1. The fourth-order valence-electron chi connectivity index (χ4n) is 2.29. The van der Waals surface area contributed by atoms with E-state index in [4.69, 9.17) is 6.42 Å². The molecule has 2 aromatic rings. The molecule has 8 heteroatoms. The molecule has 1 aliphatic rings. The maximum atomic E-state index is 12.4. The number of nitrogens with zero attached hydrogens (tertiary/aromatic N) is 5. The molecule has 23 heavy (non-hydrogen) atoms. The summed E-state index contributed by atoms with van der Waals surface area (Å²) in [5.74, 6) is 2.42. The van der Waals surface area contributed by atoms with E-state index in [1.54, 1.807) is 24.1 Å². The molecule has 0 radical (unpaired) electrons. The molecule has 7 nitrogen and oxygen atoms in total. The van der Waals surface area contributed by atoms with Crippen LogP contribution in [-0.2, 0) is 7.05 Å². The number of aryl methyl sites for hydroxylation is 1. The lowest BCUT2D eigenvalue weighted by Crippen LogP contribution is -2.28. The van der Waals surface area contributed by atoms with Crippen molar-refractivity contribution in [2.45, 2.75) is 24.9 Å². The molecule has 0 saturated carbocycles. The Morgan fingerprint density at radius 1 is 1.48 bits per heavy atom. The monoisotopic (exact) mass is 328 g/mol. The first kappa shape index (κ1) is 15.4. The second-order valence-corrected chi connectivity index (χ2v) is 6.19. The maximum Gasteiger partial charge on any atom is 0.255 e. The first-order chi connectivity index (χ1) is 11.1. The van der Waals surface area contributed by atoms with E-state index in [-0.39, 0.29) is 11.6 Å². The molecular weight excluding hydrogens is 312 g/mol. The molecule has 0 aromatic carbocycles. The molecule has 1 aliphatic heterocycles. The summed E-state index contributed by atoms with van der Waals surface area (Å²) in [6.07, 6.45) is 10.7. The third-order valence-corrected chi connectivity index (χ3v) is 4.35. The van der Waals surface area contributed by atoms with E-state index in [2.05, 4.69) is 31.5 Å². The van der Waals surface area contributed by atoms with Gasteiger partial charge in [-0.15, -0.1) is 23.7 Å². The molecule has 118 valence electrons. The lowest BCUT2D eigenvalue weighted by Gasteiger charge is -2.09. The SMILES string of the molecule is C#CCCC1(CCNC(=O)c2cn(C)nc2-c2nccs2)N=N1. The van der Waals surface area contributed by atoms with Crippen LogP contribution >= 0.6 is 11.3 Å². The number of carbonyl (C=O) groups excluding carboxylic acids is 1. The average molecular weight is 328 g/mol. The molecular formula is C15H16N6OS. The Morgan fingerprint density at radius 2 is 2.30 bits per heavy atom. The van der Waals surface area contributed by atoms with E-state index < -0.39 is 0 Å². The Kier molecular flexibility index (Phi) is 4.21. The Morgan fingerprint density at radius 3 is 2.96 bits per heavy atom. The molecule has 0 saturated heterocycles. The number of terminal acetylenes is 1. The molecule has 0 atom stereocenters. The van der Waals surface area contributed by atoms with E-state index in [1.807, 2.05) is 5.38 Å². The Bertz CT molecular complexity index is 764. The molecule has 3 heterocycles. The molecule has 0 aliphatic carbocycles. The van der Waals surface area contributed by atoms with Gasteiger partial charge in [0, 0.05) is 50.6 Å². The average Bonchev–Trinajstić information content (AvgIpc) is 2.95. The van der Waals surface area contributed by atoms with Gasteiger partial charge in [0.1, 0.15) is 10.7 Å². The standard InChI is InChI=1S/C15H16N6OS/c1-3-4-5-15(19-20-15)6-7-16-13(22)11-10-21(2)18-12(11)14-17-8-9-23-14/h1,8-10H,4-7H2,2H3,(H,16,22). The van der Waals surface area contributed by atoms with Gasteiger partial charge in [-0.05, 0) is 0 Å². The molecule has 0 bridgehead atoms. The van der Waals surface area contributed by atoms with E-state index in [0.29, 0.717) is 30.6 Å². The van der Waals surface area contributed by atoms with E-state index >= 15 is 0 Å². The zero-order chi connectivity index (χ0) is 16.3. The predicted octanol–water partition coefficient (Wildman–Crippen LogP) is 2.24. The largest absolute Gasteiger partial charge is 0.352 e. The van der Waals surface area contributed by atoms with Gasteiger partial charge in [0.15, 0.2) is 5.66 Å². The fraction of sp³-hybridized carbons (Fsp3) is 0.400. The minimum absolute atomic E-state index is 0.170. The summed E-state index contributed by atoms with van der Waals surface area (Å²) in [4.78, 5) is 16.6. The van der Waals surface area contributed by atoms with Crippen LogP contribution in [0.25, 0.3) is 10.7 Å². The summed E-state index contributed by atoms with van der Waals surface area (Å²) >= 11 is 1.45. The van der Waals surface area contributed by atoms with Crippen LogP contribution in [0.15, 0.2) is 28.0 Å². The maximum absolute atomic E-state index is 12.4. The van der Waals surface area contributed by atoms with E-state index in [9.17, 15) is 4.79 Å². The zero-order valence-electron chi connectivity index (χ0n) is 12.7. The van der Waals surface area contributed by atoms with E-state index in [0.717, 1.165) is 11.4 Å². The molecule has 1 N–H and O–H groups in total. The first-order valence-corrected chi connectivity index (χ1v) is 8.11. The van der Waals surface area contributed by atoms with Crippen LogP contribution in [0.5, 0.6) is 0 Å². The van der Waals surface area contributed by atoms with Crippen LogP contribution in [0.2, 0.25) is 0 Å². The van der Waals surface area contributed by atoms with Crippen molar-refractivity contribution in [1.29, 1.82) is 0 Å². The summed E-state index contributed by atoms with van der Waals surface area (Å²) < 4.78 is 1.62. The van der Waals surface area contributed by atoms with Gasteiger partial charge in [-0.3, -0.25) is 9.48 Å². The summed E-state index contributed by atoms with van der Waals surface area (Å²) in [5, 5.41) is 17.9. The van der Waals surface area contributed by atoms with Crippen LogP contribution < -0.4 is 5.32 Å². The second kappa shape index (κ2) is 6.30. The van der Waals surface area contributed by atoms with Gasteiger partial charge in [0.05, 0.1) is 5.56 Å². The van der Waals surface area contributed by atoms with Gasteiger partial charge in [0.2, 0.25) is 0 Å². The normalized spacial score (nSPS) is 14.4. The van der Waals surface area contributed by atoms with Gasteiger partial charge in [0.25, 0.3) is 5.91 Å². The Balaban J connectivity index is 1.60. The Labute approximate surface area is 137 Å². The van der Waals surface area contributed by atoms with Crippen molar-refractivity contribution < 1.29 is 4.79 Å².